The second-order valence-corrected chi connectivity index (χ2v) is 6.34. The van der Waals surface area contributed by atoms with Crippen LogP contribution in [-0.2, 0) is 0 Å². The van der Waals surface area contributed by atoms with Crippen molar-refractivity contribution in [2.24, 2.45) is 0 Å². The Balaban J connectivity index is 2.34. The van der Waals surface area contributed by atoms with Crippen molar-refractivity contribution in [2.45, 2.75) is 11.8 Å². The number of thiophene rings is 1. The van der Waals surface area contributed by atoms with Crippen molar-refractivity contribution in [2.75, 3.05) is 7.11 Å². The topological polar surface area (TPSA) is 9.23 Å². The Morgan fingerprint density at radius 2 is 2.06 bits per heavy atom. The van der Waals surface area contributed by atoms with Gasteiger partial charge in [-0.15, -0.1) is 11.3 Å². The van der Waals surface area contributed by atoms with E-state index in [1.54, 1.807) is 18.4 Å². The van der Waals surface area contributed by atoms with Crippen LogP contribution in [0, 0.1) is 6.92 Å². The van der Waals surface area contributed by atoms with Crippen molar-refractivity contribution < 1.29 is 4.74 Å². The first-order chi connectivity index (χ1) is 8.11. The van der Waals surface area contributed by atoms with Crippen LogP contribution in [0.15, 0.2) is 30.3 Å². The molecule has 0 saturated carbocycles. The van der Waals surface area contributed by atoms with Gasteiger partial charge in [0.1, 0.15) is 5.75 Å². The van der Waals surface area contributed by atoms with E-state index >= 15 is 0 Å². The average Bonchev–Trinajstić information content (AvgIpc) is 2.75. The zero-order chi connectivity index (χ0) is 12.4. The number of alkyl halides is 1. The molecule has 17 heavy (non-hydrogen) atoms. The highest BCUT2D eigenvalue weighted by atomic mass is 79.9. The van der Waals surface area contributed by atoms with Crippen molar-refractivity contribution in [3.05, 3.63) is 50.7 Å². The quantitative estimate of drug-likeness (QED) is 0.702. The minimum Gasteiger partial charge on any atom is -0.497 e. The molecule has 90 valence electrons. The first-order valence-electron chi connectivity index (χ1n) is 5.15. The molecular weight excluding hydrogens is 320 g/mol. The zero-order valence-corrected chi connectivity index (χ0v) is 12.7. The van der Waals surface area contributed by atoms with Gasteiger partial charge in [0.2, 0.25) is 0 Å². The van der Waals surface area contributed by atoms with Crippen molar-refractivity contribution in [1.29, 1.82) is 0 Å². The van der Waals surface area contributed by atoms with Crippen molar-refractivity contribution >= 4 is 38.9 Å². The van der Waals surface area contributed by atoms with Crippen molar-refractivity contribution in [1.82, 2.24) is 0 Å². The van der Waals surface area contributed by atoms with Crippen LogP contribution in [-0.4, -0.2) is 7.11 Å². The molecule has 0 bridgehead atoms. The molecule has 0 aliphatic carbocycles. The molecule has 4 heteroatoms. The Labute approximate surface area is 119 Å². The summed E-state index contributed by atoms with van der Waals surface area (Å²) in [4.78, 5) is 2.70. The molecule has 0 spiro atoms. The van der Waals surface area contributed by atoms with Crippen LogP contribution in [0.3, 0.4) is 0 Å². The number of rotatable bonds is 3. The van der Waals surface area contributed by atoms with Crippen LogP contribution in [0.2, 0.25) is 5.02 Å². The van der Waals surface area contributed by atoms with E-state index in [0.717, 1.165) is 16.3 Å². The molecule has 1 heterocycles. The Morgan fingerprint density at radius 1 is 1.29 bits per heavy atom. The molecule has 0 aliphatic heterocycles. The Kier molecular flexibility index (Phi) is 4.13. The Morgan fingerprint density at radius 3 is 2.59 bits per heavy atom. The molecule has 0 fully saturated rings. The number of hydrogen-bond acceptors (Lipinski definition) is 2. The molecule has 0 radical (unpaired) electrons. The third kappa shape index (κ3) is 2.84. The zero-order valence-electron chi connectivity index (χ0n) is 9.54. The van der Waals surface area contributed by atoms with Crippen LogP contribution >= 0.6 is 38.9 Å². The Hall–Kier alpha value is -0.510. The molecule has 1 aromatic heterocycles. The van der Waals surface area contributed by atoms with Gasteiger partial charge in [0.05, 0.1) is 11.9 Å². The van der Waals surface area contributed by atoms with Gasteiger partial charge in [-0.3, -0.25) is 0 Å². The monoisotopic (exact) mass is 330 g/mol. The maximum Gasteiger partial charge on any atom is 0.120 e. The molecule has 1 aromatic carbocycles. The summed E-state index contributed by atoms with van der Waals surface area (Å²) in [6.07, 6.45) is 0. The summed E-state index contributed by atoms with van der Waals surface area (Å²) >= 11 is 11.7. The van der Waals surface area contributed by atoms with Gasteiger partial charge in [0.15, 0.2) is 0 Å². The van der Waals surface area contributed by atoms with Gasteiger partial charge >= 0.3 is 0 Å². The van der Waals surface area contributed by atoms with E-state index < -0.39 is 0 Å². The molecule has 1 unspecified atom stereocenters. The first kappa shape index (κ1) is 12.9. The molecule has 0 aliphatic rings. The van der Waals surface area contributed by atoms with E-state index in [9.17, 15) is 0 Å². The predicted molar refractivity (Wildman–Crippen MR) is 77.8 cm³/mol. The molecule has 0 saturated heterocycles. The fourth-order valence-electron chi connectivity index (χ4n) is 1.58. The second-order valence-electron chi connectivity index (χ2n) is 3.70. The van der Waals surface area contributed by atoms with Crippen LogP contribution in [0.25, 0.3) is 0 Å². The summed E-state index contributed by atoms with van der Waals surface area (Å²) < 4.78 is 5.14. The molecule has 2 rings (SSSR count). The minimum absolute atomic E-state index is 0.139. The van der Waals surface area contributed by atoms with E-state index in [4.69, 9.17) is 16.3 Å². The highest BCUT2D eigenvalue weighted by Crippen LogP contribution is 2.39. The summed E-state index contributed by atoms with van der Waals surface area (Å²) in [7, 11) is 1.64. The van der Waals surface area contributed by atoms with Gasteiger partial charge in [-0.1, -0.05) is 33.6 Å². The molecule has 0 N–H and O–H groups in total. The number of ether oxygens (including phenoxy) is 1. The standard InChI is InChI=1S/C13H12BrClOS/c1-8-3-6-12(17-8)13(14)10-5-4-9(16-2)7-11(10)15/h3-7,13H,1-2H3. The number of aryl methyl sites for hydroxylation is 1. The third-order valence-corrected chi connectivity index (χ3v) is 5.17. The number of benzene rings is 1. The summed E-state index contributed by atoms with van der Waals surface area (Å²) in [5.74, 6) is 0.779. The number of methoxy groups -OCH3 is 1. The average molecular weight is 332 g/mol. The largest absolute Gasteiger partial charge is 0.497 e. The summed E-state index contributed by atoms with van der Waals surface area (Å²) in [6, 6.07) is 10.0. The highest BCUT2D eigenvalue weighted by molar-refractivity contribution is 9.09. The lowest BCUT2D eigenvalue weighted by Gasteiger charge is -2.11. The smallest absolute Gasteiger partial charge is 0.120 e. The minimum atomic E-state index is 0.139. The summed E-state index contributed by atoms with van der Waals surface area (Å²) in [6.45, 7) is 2.10. The van der Waals surface area contributed by atoms with Gasteiger partial charge in [0.25, 0.3) is 0 Å². The third-order valence-electron chi connectivity index (χ3n) is 2.49. The summed E-state index contributed by atoms with van der Waals surface area (Å²) in [5, 5.41) is 0.720. The van der Waals surface area contributed by atoms with Crippen LogP contribution in [0.1, 0.15) is 20.1 Å². The summed E-state index contributed by atoms with van der Waals surface area (Å²) in [5.41, 5.74) is 1.06. The van der Waals surface area contributed by atoms with Gasteiger partial charge in [0, 0.05) is 14.8 Å². The van der Waals surface area contributed by atoms with E-state index in [1.165, 1.54) is 9.75 Å². The Bertz CT molecular complexity index is 524. The lowest BCUT2D eigenvalue weighted by Crippen LogP contribution is -1.92. The maximum atomic E-state index is 6.25. The maximum absolute atomic E-state index is 6.25. The first-order valence-corrected chi connectivity index (χ1v) is 7.26. The lowest BCUT2D eigenvalue weighted by atomic mass is 10.1. The fourth-order valence-corrected chi connectivity index (χ4v) is 3.70. The molecule has 1 atom stereocenters. The van der Waals surface area contributed by atoms with Gasteiger partial charge < -0.3 is 4.74 Å². The lowest BCUT2D eigenvalue weighted by molar-refractivity contribution is 0.414. The van der Waals surface area contributed by atoms with Crippen LogP contribution < -0.4 is 4.74 Å². The van der Waals surface area contributed by atoms with E-state index in [-0.39, 0.29) is 4.83 Å². The van der Waals surface area contributed by atoms with Gasteiger partial charge in [-0.2, -0.15) is 0 Å². The number of halogens is 2. The normalized spacial score (nSPS) is 12.5. The SMILES string of the molecule is COc1ccc(C(Br)c2ccc(C)s2)c(Cl)c1. The van der Waals surface area contributed by atoms with E-state index in [1.807, 2.05) is 18.2 Å². The molecule has 0 amide bonds. The predicted octanol–water partition coefficient (Wildman–Crippen LogP) is 5.20. The van der Waals surface area contributed by atoms with E-state index in [0.29, 0.717) is 0 Å². The second kappa shape index (κ2) is 5.42. The molecule has 1 nitrogen and oxygen atoms in total. The van der Waals surface area contributed by atoms with Crippen LogP contribution in [0.4, 0.5) is 0 Å². The number of hydrogen-bond donors (Lipinski definition) is 0. The van der Waals surface area contributed by atoms with Gasteiger partial charge in [-0.25, -0.2) is 0 Å². The highest BCUT2D eigenvalue weighted by Gasteiger charge is 2.15. The molecular formula is C13H12BrClOS. The van der Waals surface area contributed by atoms with Crippen LogP contribution in [0.5, 0.6) is 5.75 Å². The van der Waals surface area contributed by atoms with Crippen molar-refractivity contribution in [3.63, 3.8) is 0 Å². The molecule has 2 aromatic rings. The van der Waals surface area contributed by atoms with E-state index in [2.05, 4.69) is 35.0 Å². The fraction of sp³-hybridized carbons (Fsp3) is 0.231. The van der Waals surface area contributed by atoms with Gasteiger partial charge in [-0.05, 0) is 36.8 Å². The van der Waals surface area contributed by atoms with Crippen molar-refractivity contribution in [3.8, 4) is 5.75 Å².